The monoisotopic (exact) mass is 346 g/mol. The van der Waals surface area contributed by atoms with Gasteiger partial charge in [-0.15, -0.1) is 0 Å². The van der Waals surface area contributed by atoms with E-state index in [1.54, 1.807) is 13.2 Å². The molecule has 0 saturated carbocycles. The van der Waals surface area contributed by atoms with Crippen molar-refractivity contribution in [2.24, 2.45) is 4.99 Å². The van der Waals surface area contributed by atoms with Crippen molar-refractivity contribution in [2.45, 2.75) is 26.4 Å². The van der Waals surface area contributed by atoms with E-state index in [0.29, 0.717) is 25.6 Å². The number of guanidine groups is 1. The first-order valence-corrected chi connectivity index (χ1v) is 8.36. The molecule has 0 radical (unpaired) electrons. The molecule has 128 valence electrons. The minimum Gasteiger partial charge on any atom is -0.477 e. The summed E-state index contributed by atoms with van der Waals surface area (Å²) in [5.41, 5.74) is 2.14. The van der Waals surface area contributed by atoms with Gasteiger partial charge in [0.1, 0.15) is 0 Å². The van der Waals surface area contributed by atoms with Crippen LogP contribution in [0.1, 0.15) is 24.5 Å². The van der Waals surface area contributed by atoms with Gasteiger partial charge in [-0.25, -0.2) is 4.98 Å². The molecule has 0 bridgehead atoms. The van der Waals surface area contributed by atoms with Gasteiger partial charge in [-0.2, -0.15) is 0 Å². The van der Waals surface area contributed by atoms with E-state index >= 15 is 0 Å². The van der Waals surface area contributed by atoms with Crippen LogP contribution in [0.25, 0.3) is 0 Å². The van der Waals surface area contributed by atoms with Gasteiger partial charge >= 0.3 is 0 Å². The Hall–Kier alpha value is -2.27. The van der Waals surface area contributed by atoms with E-state index in [1.807, 2.05) is 36.4 Å². The number of aromatic nitrogens is 1. The predicted octanol–water partition coefficient (Wildman–Crippen LogP) is 3.39. The molecular formula is C18H23ClN4O. The van der Waals surface area contributed by atoms with Crippen LogP contribution in [0.3, 0.4) is 0 Å². The number of ether oxygens (including phenoxy) is 1. The van der Waals surface area contributed by atoms with Crippen LogP contribution in [0, 0.1) is 0 Å². The summed E-state index contributed by atoms with van der Waals surface area (Å²) in [4.78, 5) is 8.52. The number of nitrogens with one attached hydrogen (secondary N) is 2. The molecule has 6 heteroatoms. The first kappa shape index (κ1) is 18.1. The van der Waals surface area contributed by atoms with Gasteiger partial charge in [0.15, 0.2) is 5.96 Å². The van der Waals surface area contributed by atoms with E-state index in [9.17, 15) is 0 Å². The summed E-state index contributed by atoms with van der Waals surface area (Å²) in [5, 5.41) is 7.28. The number of hydrogen-bond acceptors (Lipinski definition) is 3. The summed E-state index contributed by atoms with van der Waals surface area (Å²) >= 11 is 5.90. The molecule has 0 aliphatic rings. The zero-order valence-corrected chi connectivity index (χ0v) is 14.8. The molecule has 0 fully saturated rings. The molecule has 24 heavy (non-hydrogen) atoms. The lowest BCUT2D eigenvalue weighted by atomic mass is 10.2. The zero-order valence-electron chi connectivity index (χ0n) is 14.1. The lowest BCUT2D eigenvalue weighted by molar-refractivity contribution is 0.301. The zero-order chi connectivity index (χ0) is 17.2. The number of aliphatic imine (C=N–C) groups is 1. The Bertz CT molecular complexity index is 658. The van der Waals surface area contributed by atoms with E-state index < -0.39 is 0 Å². The van der Waals surface area contributed by atoms with E-state index in [4.69, 9.17) is 16.3 Å². The Morgan fingerprint density at radius 2 is 1.92 bits per heavy atom. The average molecular weight is 347 g/mol. The summed E-state index contributed by atoms with van der Waals surface area (Å²) in [6, 6.07) is 11.6. The van der Waals surface area contributed by atoms with Crippen LogP contribution >= 0.6 is 11.6 Å². The first-order valence-electron chi connectivity index (χ1n) is 7.98. The molecule has 1 aromatic heterocycles. The molecular weight excluding hydrogens is 324 g/mol. The second kappa shape index (κ2) is 9.78. The maximum atomic E-state index is 5.90. The Morgan fingerprint density at radius 3 is 2.62 bits per heavy atom. The van der Waals surface area contributed by atoms with Crippen LogP contribution in [0.15, 0.2) is 47.6 Å². The Balaban J connectivity index is 1.88. The topological polar surface area (TPSA) is 58.5 Å². The lowest BCUT2D eigenvalue weighted by Crippen LogP contribution is -2.36. The highest BCUT2D eigenvalue weighted by Crippen LogP contribution is 2.14. The first-order chi connectivity index (χ1) is 11.7. The molecule has 1 aromatic carbocycles. The number of rotatable bonds is 7. The molecule has 2 aromatic rings. The molecule has 0 aliphatic carbocycles. The molecule has 2 N–H and O–H groups in total. The third-order valence-corrected chi connectivity index (χ3v) is 3.59. The van der Waals surface area contributed by atoms with Crippen molar-refractivity contribution in [3.8, 4) is 5.88 Å². The smallest absolute Gasteiger partial charge is 0.218 e. The fraction of sp³-hybridized carbons (Fsp3) is 0.333. The quantitative estimate of drug-likeness (QED) is 0.596. The van der Waals surface area contributed by atoms with Crippen LogP contribution in [0.2, 0.25) is 5.02 Å². The van der Waals surface area contributed by atoms with Crippen molar-refractivity contribution in [1.82, 2.24) is 15.6 Å². The van der Waals surface area contributed by atoms with E-state index in [1.165, 1.54) is 0 Å². The van der Waals surface area contributed by atoms with Gasteiger partial charge in [0.05, 0.1) is 6.61 Å². The summed E-state index contributed by atoms with van der Waals surface area (Å²) in [5.74, 6) is 1.38. The molecule has 0 unspecified atom stereocenters. The van der Waals surface area contributed by atoms with Crippen LogP contribution in [0.5, 0.6) is 5.88 Å². The van der Waals surface area contributed by atoms with Gasteiger partial charge in [0, 0.05) is 36.9 Å². The van der Waals surface area contributed by atoms with Gasteiger partial charge in [0.2, 0.25) is 5.88 Å². The minimum atomic E-state index is 0.590. The van der Waals surface area contributed by atoms with Gasteiger partial charge in [-0.3, -0.25) is 4.99 Å². The van der Waals surface area contributed by atoms with Gasteiger partial charge in [-0.05, 0) is 30.2 Å². The summed E-state index contributed by atoms with van der Waals surface area (Å²) in [6.45, 7) is 3.99. The van der Waals surface area contributed by atoms with E-state index in [-0.39, 0.29) is 0 Å². The Kier molecular flexibility index (Phi) is 7.36. The molecule has 5 nitrogen and oxygen atoms in total. The van der Waals surface area contributed by atoms with Gasteiger partial charge in [0.25, 0.3) is 0 Å². The molecule has 2 rings (SSSR count). The van der Waals surface area contributed by atoms with E-state index in [2.05, 4.69) is 27.5 Å². The standard InChI is InChI=1S/C18H23ClN4O/c1-3-11-24-17-15(5-4-10-21-17)13-23-18(20-2)22-12-14-6-8-16(19)9-7-14/h4-10H,3,11-13H2,1-2H3,(H2,20,22,23). The van der Waals surface area contributed by atoms with Crippen molar-refractivity contribution in [3.63, 3.8) is 0 Å². The van der Waals surface area contributed by atoms with Crippen LogP contribution in [-0.4, -0.2) is 24.6 Å². The number of benzene rings is 1. The summed E-state index contributed by atoms with van der Waals surface area (Å²) in [7, 11) is 1.74. The van der Waals surface area contributed by atoms with Gasteiger partial charge in [-0.1, -0.05) is 36.7 Å². The number of pyridine rings is 1. The Labute approximate surface area is 148 Å². The molecule has 0 aliphatic heterocycles. The Morgan fingerprint density at radius 1 is 1.17 bits per heavy atom. The fourth-order valence-corrected chi connectivity index (χ4v) is 2.20. The van der Waals surface area contributed by atoms with Crippen molar-refractivity contribution < 1.29 is 4.74 Å². The molecule has 0 atom stereocenters. The second-order valence-corrected chi connectivity index (χ2v) is 5.66. The predicted molar refractivity (Wildman–Crippen MR) is 98.5 cm³/mol. The number of halogens is 1. The molecule has 0 saturated heterocycles. The third-order valence-electron chi connectivity index (χ3n) is 3.34. The van der Waals surface area contributed by atoms with Crippen LogP contribution < -0.4 is 15.4 Å². The minimum absolute atomic E-state index is 0.590. The SMILES string of the molecule is CCCOc1ncccc1CNC(=NC)NCc1ccc(Cl)cc1. The van der Waals surface area contributed by atoms with Crippen LogP contribution in [-0.2, 0) is 13.1 Å². The summed E-state index contributed by atoms with van der Waals surface area (Å²) < 4.78 is 5.67. The molecule has 0 spiro atoms. The number of hydrogen-bond donors (Lipinski definition) is 2. The highest BCUT2D eigenvalue weighted by molar-refractivity contribution is 6.30. The molecule has 0 amide bonds. The maximum Gasteiger partial charge on any atom is 0.218 e. The van der Waals surface area contributed by atoms with E-state index in [0.717, 1.165) is 28.5 Å². The fourth-order valence-electron chi connectivity index (χ4n) is 2.07. The average Bonchev–Trinajstić information content (AvgIpc) is 2.62. The lowest BCUT2D eigenvalue weighted by Gasteiger charge is -2.14. The van der Waals surface area contributed by atoms with Crippen molar-refractivity contribution >= 4 is 17.6 Å². The highest BCUT2D eigenvalue weighted by Gasteiger charge is 2.06. The summed E-state index contributed by atoms with van der Waals surface area (Å²) in [6.07, 6.45) is 2.69. The van der Waals surface area contributed by atoms with Gasteiger partial charge < -0.3 is 15.4 Å². The largest absolute Gasteiger partial charge is 0.477 e. The second-order valence-electron chi connectivity index (χ2n) is 5.22. The van der Waals surface area contributed by atoms with Crippen molar-refractivity contribution in [3.05, 3.63) is 58.7 Å². The van der Waals surface area contributed by atoms with Crippen molar-refractivity contribution in [2.75, 3.05) is 13.7 Å². The highest BCUT2D eigenvalue weighted by atomic mass is 35.5. The maximum absolute atomic E-state index is 5.90. The molecule has 1 heterocycles. The number of nitrogens with zero attached hydrogens (tertiary/aromatic N) is 2. The normalized spacial score (nSPS) is 11.2. The van der Waals surface area contributed by atoms with Crippen molar-refractivity contribution in [1.29, 1.82) is 0 Å². The van der Waals surface area contributed by atoms with Crippen LogP contribution in [0.4, 0.5) is 0 Å². The third kappa shape index (κ3) is 5.74.